The van der Waals surface area contributed by atoms with Crippen molar-refractivity contribution in [1.82, 2.24) is 5.32 Å². The summed E-state index contributed by atoms with van der Waals surface area (Å²) in [5, 5.41) is 3.57. The molecule has 0 saturated heterocycles. The van der Waals surface area contributed by atoms with Crippen LogP contribution in [0.15, 0.2) is 12.2 Å². The fraction of sp³-hybridized carbons (Fsp3) is 0.833. The molecule has 1 atom stereocenters. The number of hydrogen-bond donors (Lipinski definition) is 1. The van der Waals surface area contributed by atoms with Gasteiger partial charge in [-0.15, -0.1) is 0 Å². The van der Waals surface area contributed by atoms with Crippen LogP contribution in [0.2, 0.25) is 0 Å². The quantitative estimate of drug-likeness (QED) is 0.515. The monoisotopic (exact) mass is 213 g/mol. The molecule has 0 radical (unpaired) electrons. The fourth-order valence-electron chi connectivity index (χ4n) is 1.79. The van der Waals surface area contributed by atoms with Gasteiger partial charge in [0.25, 0.3) is 0 Å². The van der Waals surface area contributed by atoms with Gasteiger partial charge in [-0.25, -0.2) is 0 Å². The highest BCUT2D eigenvalue weighted by molar-refractivity contribution is 7.99. The van der Waals surface area contributed by atoms with E-state index in [0.29, 0.717) is 0 Å². The van der Waals surface area contributed by atoms with Crippen molar-refractivity contribution in [3.63, 3.8) is 0 Å². The maximum atomic E-state index is 3.57. The van der Waals surface area contributed by atoms with Crippen LogP contribution in [0, 0.1) is 5.92 Å². The Kier molecular flexibility index (Phi) is 7.24. The summed E-state index contributed by atoms with van der Waals surface area (Å²) >= 11 is 2.04. The lowest BCUT2D eigenvalue weighted by Crippen LogP contribution is -2.24. The first-order valence-corrected chi connectivity index (χ1v) is 7.02. The summed E-state index contributed by atoms with van der Waals surface area (Å²) in [5.41, 5.74) is 0. The summed E-state index contributed by atoms with van der Waals surface area (Å²) in [6.07, 6.45) is 9.93. The molecule has 1 unspecified atom stereocenters. The molecule has 0 fully saturated rings. The first kappa shape index (κ1) is 12.1. The SMILES string of the molecule is CCSCCCNCC1CC=CCC1. The van der Waals surface area contributed by atoms with Crippen LogP contribution < -0.4 is 5.32 Å². The van der Waals surface area contributed by atoms with E-state index in [1.807, 2.05) is 11.8 Å². The van der Waals surface area contributed by atoms with Crippen molar-refractivity contribution in [3.05, 3.63) is 12.2 Å². The van der Waals surface area contributed by atoms with Crippen molar-refractivity contribution < 1.29 is 0 Å². The van der Waals surface area contributed by atoms with E-state index in [0.717, 1.165) is 5.92 Å². The molecule has 0 saturated carbocycles. The van der Waals surface area contributed by atoms with Gasteiger partial charge in [-0.2, -0.15) is 11.8 Å². The van der Waals surface area contributed by atoms with Gasteiger partial charge in [0, 0.05) is 0 Å². The summed E-state index contributed by atoms with van der Waals surface area (Å²) in [5.74, 6) is 3.47. The highest BCUT2D eigenvalue weighted by Gasteiger charge is 2.08. The molecule has 0 bridgehead atoms. The van der Waals surface area contributed by atoms with E-state index in [1.165, 1.54) is 50.3 Å². The van der Waals surface area contributed by atoms with Crippen molar-refractivity contribution in [3.8, 4) is 0 Å². The van der Waals surface area contributed by atoms with Gasteiger partial charge in [0.15, 0.2) is 0 Å². The van der Waals surface area contributed by atoms with E-state index < -0.39 is 0 Å². The van der Waals surface area contributed by atoms with E-state index in [1.54, 1.807) is 0 Å². The number of allylic oxidation sites excluding steroid dienone is 2. The topological polar surface area (TPSA) is 12.0 Å². The Balaban J connectivity index is 1.86. The maximum Gasteiger partial charge on any atom is -0.00174 e. The fourth-order valence-corrected chi connectivity index (χ4v) is 2.43. The standard InChI is InChI=1S/C12H23NS/c1-2-14-10-6-9-13-11-12-7-4-3-5-8-12/h3-4,12-13H,2,5-11H2,1H3. The minimum absolute atomic E-state index is 0.902. The summed E-state index contributed by atoms with van der Waals surface area (Å²) < 4.78 is 0. The van der Waals surface area contributed by atoms with Crippen molar-refractivity contribution in [1.29, 1.82) is 0 Å². The van der Waals surface area contributed by atoms with Crippen LogP contribution in [-0.2, 0) is 0 Å². The van der Waals surface area contributed by atoms with Gasteiger partial charge >= 0.3 is 0 Å². The molecule has 1 N–H and O–H groups in total. The zero-order valence-electron chi connectivity index (χ0n) is 9.30. The lowest BCUT2D eigenvalue weighted by atomic mass is 9.94. The smallest absolute Gasteiger partial charge is 0.00174 e. The molecule has 1 rings (SSSR count). The molecule has 14 heavy (non-hydrogen) atoms. The molecule has 0 aromatic carbocycles. The van der Waals surface area contributed by atoms with Crippen LogP contribution in [0.25, 0.3) is 0 Å². The lowest BCUT2D eigenvalue weighted by molar-refractivity contribution is 0.442. The summed E-state index contributed by atoms with van der Waals surface area (Å²) in [6.45, 7) is 4.65. The predicted molar refractivity (Wildman–Crippen MR) is 67.0 cm³/mol. The number of rotatable bonds is 7. The number of hydrogen-bond acceptors (Lipinski definition) is 2. The third kappa shape index (κ3) is 5.71. The van der Waals surface area contributed by atoms with Gasteiger partial charge in [0.2, 0.25) is 0 Å². The van der Waals surface area contributed by atoms with Crippen LogP contribution >= 0.6 is 11.8 Å². The predicted octanol–water partition coefficient (Wildman–Crippen LogP) is 3.08. The van der Waals surface area contributed by atoms with Gasteiger partial charge in [-0.3, -0.25) is 0 Å². The zero-order chi connectivity index (χ0) is 10.1. The van der Waals surface area contributed by atoms with Crippen LogP contribution in [0.5, 0.6) is 0 Å². The van der Waals surface area contributed by atoms with Gasteiger partial charge in [-0.1, -0.05) is 19.1 Å². The highest BCUT2D eigenvalue weighted by Crippen LogP contribution is 2.16. The number of nitrogens with one attached hydrogen (secondary N) is 1. The van der Waals surface area contributed by atoms with E-state index in [2.05, 4.69) is 24.4 Å². The minimum Gasteiger partial charge on any atom is -0.316 e. The molecule has 0 aliphatic heterocycles. The second kappa shape index (κ2) is 8.37. The van der Waals surface area contributed by atoms with E-state index in [4.69, 9.17) is 0 Å². The normalized spacial score (nSPS) is 21.4. The summed E-state index contributed by atoms with van der Waals surface area (Å²) in [7, 11) is 0. The minimum atomic E-state index is 0.902. The number of thioether (sulfide) groups is 1. The molecule has 1 aliphatic rings. The Labute approximate surface area is 92.7 Å². The Morgan fingerprint density at radius 3 is 3.07 bits per heavy atom. The van der Waals surface area contributed by atoms with Gasteiger partial charge in [-0.05, 0) is 56.2 Å². The van der Waals surface area contributed by atoms with Gasteiger partial charge in [0.05, 0.1) is 0 Å². The molecule has 0 aromatic rings. The van der Waals surface area contributed by atoms with Gasteiger partial charge < -0.3 is 5.32 Å². The van der Waals surface area contributed by atoms with Crippen LogP contribution in [0.3, 0.4) is 0 Å². The second-order valence-corrected chi connectivity index (χ2v) is 5.30. The highest BCUT2D eigenvalue weighted by atomic mass is 32.2. The van der Waals surface area contributed by atoms with E-state index in [9.17, 15) is 0 Å². The van der Waals surface area contributed by atoms with Crippen molar-refractivity contribution >= 4 is 11.8 Å². The van der Waals surface area contributed by atoms with Crippen LogP contribution in [-0.4, -0.2) is 24.6 Å². The van der Waals surface area contributed by atoms with Crippen LogP contribution in [0.4, 0.5) is 0 Å². The molecule has 0 spiro atoms. The zero-order valence-corrected chi connectivity index (χ0v) is 10.1. The first-order valence-electron chi connectivity index (χ1n) is 5.87. The molecular weight excluding hydrogens is 190 g/mol. The molecule has 0 heterocycles. The first-order chi connectivity index (χ1) is 6.93. The Hall–Kier alpha value is 0.0500. The van der Waals surface area contributed by atoms with Crippen molar-refractivity contribution in [2.75, 3.05) is 24.6 Å². The molecular formula is C12H23NS. The van der Waals surface area contributed by atoms with Crippen molar-refractivity contribution in [2.24, 2.45) is 5.92 Å². The molecule has 0 amide bonds. The largest absolute Gasteiger partial charge is 0.316 e. The molecule has 82 valence electrons. The third-order valence-corrected chi connectivity index (χ3v) is 3.64. The second-order valence-electron chi connectivity index (χ2n) is 3.91. The van der Waals surface area contributed by atoms with Gasteiger partial charge in [0.1, 0.15) is 0 Å². The van der Waals surface area contributed by atoms with Crippen LogP contribution in [0.1, 0.15) is 32.6 Å². The molecule has 2 heteroatoms. The molecule has 0 aromatic heterocycles. The Morgan fingerprint density at radius 1 is 1.43 bits per heavy atom. The maximum absolute atomic E-state index is 3.57. The lowest BCUT2D eigenvalue weighted by Gasteiger charge is -2.17. The average molecular weight is 213 g/mol. The van der Waals surface area contributed by atoms with E-state index >= 15 is 0 Å². The average Bonchev–Trinajstić information content (AvgIpc) is 2.25. The molecule has 1 nitrogen and oxygen atoms in total. The van der Waals surface area contributed by atoms with Crippen molar-refractivity contribution in [2.45, 2.75) is 32.6 Å². The summed E-state index contributed by atoms with van der Waals surface area (Å²) in [4.78, 5) is 0. The third-order valence-electron chi connectivity index (χ3n) is 2.66. The summed E-state index contributed by atoms with van der Waals surface area (Å²) in [6, 6.07) is 0. The van der Waals surface area contributed by atoms with E-state index in [-0.39, 0.29) is 0 Å². The molecule has 1 aliphatic carbocycles. The Bertz CT molecular complexity index is 156. The Morgan fingerprint density at radius 2 is 2.36 bits per heavy atom.